The van der Waals surface area contributed by atoms with Crippen LogP contribution in [-0.4, -0.2) is 24.6 Å². The van der Waals surface area contributed by atoms with Gasteiger partial charge in [0.25, 0.3) is 0 Å². The average Bonchev–Trinajstić information content (AvgIpc) is 1.82. The lowest BCUT2D eigenvalue weighted by atomic mass is 10.6. The van der Waals surface area contributed by atoms with Crippen LogP contribution in [0.3, 0.4) is 0 Å². The number of sulfonamides is 1. The molecule has 66 valence electrons. The van der Waals surface area contributed by atoms with Crippen LogP contribution in [-0.2, 0) is 10.0 Å². The summed E-state index contributed by atoms with van der Waals surface area (Å²) in [6.45, 7) is 0. The lowest BCUT2D eigenvalue weighted by Gasteiger charge is -2.00. The van der Waals surface area contributed by atoms with E-state index in [1.54, 1.807) is 0 Å². The van der Waals surface area contributed by atoms with Crippen LogP contribution in [0, 0.1) is 0 Å². The summed E-state index contributed by atoms with van der Waals surface area (Å²) in [7, 11) is -3.26. The van der Waals surface area contributed by atoms with Crippen molar-refractivity contribution in [3.05, 3.63) is 17.0 Å². The van der Waals surface area contributed by atoms with E-state index in [1.807, 2.05) is 0 Å². The molecule has 0 unspecified atom stereocenters. The summed E-state index contributed by atoms with van der Waals surface area (Å²) < 4.78 is 24.0. The number of halogens is 1. The van der Waals surface area contributed by atoms with Crippen molar-refractivity contribution in [2.24, 2.45) is 0 Å². The topological polar surface area (TPSA) is 72.0 Å². The second-order valence-corrected chi connectivity index (χ2v) is 4.54. The number of hydrogen-bond acceptors (Lipinski definition) is 4. The second-order valence-electron chi connectivity index (χ2n) is 2.09. The number of hydrogen-bond donors (Lipinski definition) is 1. The monoisotopic (exact) mass is 251 g/mol. The van der Waals surface area contributed by atoms with Crippen molar-refractivity contribution in [2.45, 2.75) is 0 Å². The Hall–Kier alpha value is -0.690. The summed E-state index contributed by atoms with van der Waals surface area (Å²) in [4.78, 5) is 7.51. The molecule has 0 aliphatic rings. The van der Waals surface area contributed by atoms with Gasteiger partial charge in [-0.25, -0.2) is 18.4 Å². The molecule has 0 radical (unpaired) electrons. The van der Waals surface area contributed by atoms with Crippen LogP contribution in [0.5, 0.6) is 0 Å². The van der Waals surface area contributed by atoms with E-state index >= 15 is 0 Å². The van der Waals surface area contributed by atoms with Crippen LogP contribution in [0.25, 0.3) is 0 Å². The molecular weight excluding hydrogens is 246 g/mol. The molecular formula is C5H6BrN3O2S. The van der Waals surface area contributed by atoms with E-state index in [4.69, 9.17) is 0 Å². The first kappa shape index (κ1) is 9.40. The maximum atomic E-state index is 10.7. The van der Waals surface area contributed by atoms with Crippen LogP contribution in [0.15, 0.2) is 17.0 Å². The summed E-state index contributed by atoms with van der Waals surface area (Å²) in [5, 5.41) is 0. The molecule has 0 spiro atoms. The van der Waals surface area contributed by atoms with Gasteiger partial charge < -0.3 is 0 Å². The van der Waals surface area contributed by atoms with Gasteiger partial charge in [-0.15, -0.1) is 0 Å². The van der Waals surface area contributed by atoms with E-state index in [9.17, 15) is 8.42 Å². The van der Waals surface area contributed by atoms with Gasteiger partial charge in [0.05, 0.1) is 6.26 Å². The Morgan fingerprint density at radius 2 is 2.25 bits per heavy atom. The van der Waals surface area contributed by atoms with Gasteiger partial charge >= 0.3 is 0 Å². The van der Waals surface area contributed by atoms with E-state index in [0.29, 0.717) is 4.73 Å². The summed E-state index contributed by atoms with van der Waals surface area (Å²) in [6, 6.07) is 1.46. The number of rotatable bonds is 2. The number of aromatic nitrogens is 2. The summed E-state index contributed by atoms with van der Waals surface area (Å²) in [5.41, 5.74) is 0. The molecule has 1 heterocycles. The fourth-order valence-corrected chi connectivity index (χ4v) is 1.38. The zero-order valence-corrected chi connectivity index (χ0v) is 8.55. The van der Waals surface area contributed by atoms with Gasteiger partial charge in [-0.3, -0.25) is 4.72 Å². The summed E-state index contributed by atoms with van der Waals surface area (Å²) in [5.74, 6) is 0.249. The maximum Gasteiger partial charge on any atom is 0.230 e. The molecule has 12 heavy (non-hydrogen) atoms. The van der Waals surface area contributed by atoms with Crippen molar-refractivity contribution in [1.29, 1.82) is 0 Å². The Kier molecular flexibility index (Phi) is 2.63. The van der Waals surface area contributed by atoms with Crippen molar-refractivity contribution in [3.8, 4) is 0 Å². The Balaban J connectivity index is 2.91. The van der Waals surface area contributed by atoms with E-state index in [-0.39, 0.29) is 5.82 Å². The first-order valence-electron chi connectivity index (χ1n) is 2.94. The molecule has 0 bridgehead atoms. The molecule has 0 atom stereocenters. The predicted octanol–water partition coefficient (Wildman–Crippen LogP) is 0.611. The molecule has 0 saturated heterocycles. The number of nitrogens with zero attached hydrogens (tertiary/aromatic N) is 2. The molecule has 1 aromatic rings. The van der Waals surface area contributed by atoms with Crippen LogP contribution >= 0.6 is 15.9 Å². The Bertz CT molecular complexity index is 378. The minimum atomic E-state index is -3.26. The highest BCUT2D eigenvalue weighted by Crippen LogP contribution is 2.07. The van der Waals surface area contributed by atoms with E-state index in [0.717, 1.165) is 6.26 Å². The molecule has 1 aromatic heterocycles. The molecule has 0 saturated carbocycles. The standard InChI is InChI=1S/C5H6BrN3O2S/c1-12(10,11)9-4-2-3-7-5(6)8-4/h2-3H,1H3,(H,7,8,9). The second kappa shape index (κ2) is 3.36. The van der Waals surface area contributed by atoms with Crippen LogP contribution < -0.4 is 4.72 Å². The highest BCUT2D eigenvalue weighted by molar-refractivity contribution is 9.10. The van der Waals surface area contributed by atoms with Gasteiger partial charge in [0.1, 0.15) is 5.82 Å². The average molecular weight is 252 g/mol. The molecule has 0 aliphatic heterocycles. The van der Waals surface area contributed by atoms with Gasteiger partial charge in [0.15, 0.2) is 4.73 Å². The van der Waals surface area contributed by atoms with E-state index in [1.165, 1.54) is 12.3 Å². The quantitative estimate of drug-likeness (QED) is 0.783. The van der Waals surface area contributed by atoms with Crippen molar-refractivity contribution in [1.82, 2.24) is 9.97 Å². The lowest BCUT2D eigenvalue weighted by molar-refractivity contribution is 0.606. The minimum absolute atomic E-state index is 0.249. The van der Waals surface area contributed by atoms with E-state index in [2.05, 4.69) is 30.6 Å². The molecule has 1 rings (SSSR count). The normalized spacial score (nSPS) is 11.2. The third kappa shape index (κ3) is 3.14. The Morgan fingerprint density at radius 1 is 1.58 bits per heavy atom. The molecule has 1 N–H and O–H groups in total. The smallest absolute Gasteiger partial charge is 0.230 e. The minimum Gasteiger partial charge on any atom is -0.267 e. The maximum absolute atomic E-state index is 10.7. The summed E-state index contributed by atoms with van der Waals surface area (Å²) in [6.07, 6.45) is 2.51. The number of anilines is 1. The summed E-state index contributed by atoms with van der Waals surface area (Å²) >= 11 is 3.01. The highest BCUT2D eigenvalue weighted by Gasteiger charge is 2.02. The largest absolute Gasteiger partial charge is 0.267 e. The Labute approximate surface area is 78.4 Å². The van der Waals surface area contributed by atoms with Gasteiger partial charge in [0, 0.05) is 6.20 Å². The van der Waals surface area contributed by atoms with Gasteiger partial charge in [0.2, 0.25) is 10.0 Å². The molecule has 0 fully saturated rings. The molecule has 0 aromatic carbocycles. The Morgan fingerprint density at radius 3 is 2.75 bits per heavy atom. The lowest BCUT2D eigenvalue weighted by Crippen LogP contribution is -2.10. The predicted molar refractivity (Wildman–Crippen MR) is 48.2 cm³/mol. The van der Waals surface area contributed by atoms with Crippen LogP contribution in [0.2, 0.25) is 0 Å². The van der Waals surface area contributed by atoms with Gasteiger partial charge in [-0.05, 0) is 22.0 Å². The molecule has 7 heteroatoms. The van der Waals surface area contributed by atoms with Crippen molar-refractivity contribution in [2.75, 3.05) is 11.0 Å². The number of nitrogens with one attached hydrogen (secondary N) is 1. The molecule has 0 aliphatic carbocycles. The first-order valence-corrected chi connectivity index (χ1v) is 5.62. The third-order valence-corrected chi connectivity index (χ3v) is 1.88. The highest BCUT2D eigenvalue weighted by atomic mass is 79.9. The van der Waals surface area contributed by atoms with Crippen LogP contribution in [0.4, 0.5) is 5.82 Å². The van der Waals surface area contributed by atoms with Crippen molar-refractivity contribution >= 4 is 31.8 Å². The van der Waals surface area contributed by atoms with Gasteiger partial charge in [-0.2, -0.15) is 0 Å². The SMILES string of the molecule is CS(=O)(=O)Nc1ccnc(Br)n1. The van der Waals surface area contributed by atoms with Crippen LogP contribution in [0.1, 0.15) is 0 Å². The fourth-order valence-electron chi connectivity index (χ4n) is 0.582. The zero-order valence-electron chi connectivity index (χ0n) is 6.15. The molecule has 5 nitrogen and oxygen atoms in total. The fraction of sp³-hybridized carbons (Fsp3) is 0.200. The zero-order chi connectivity index (χ0) is 9.19. The van der Waals surface area contributed by atoms with E-state index < -0.39 is 10.0 Å². The molecule has 0 amide bonds. The van der Waals surface area contributed by atoms with Crippen molar-refractivity contribution < 1.29 is 8.42 Å². The third-order valence-electron chi connectivity index (χ3n) is 0.916. The van der Waals surface area contributed by atoms with Crippen molar-refractivity contribution in [3.63, 3.8) is 0 Å². The van der Waals surface area contributed by atoms with Gasteiger partial charge in [-0.1, -0.05) is 0 Å². The first-order chi connectivity index (χ1) is 5.47.